The SMILES string of the molecule is Cc1cc(C(=O)c2cncc(F)c2)sn1. The van der Waals surface area contributed by atoms with Gasteiger partial charge in [-0.2, -0.15) is 4.37 Å². The first kappa shape index (κ1) is 9.92. The van der Waals surface area contributed by atoms with Gasteiger partial charge in [0.2, 0.25) is 5.78 Å². The van der Waals surface area contributed by atoms with Crippen molar-refractivity contribution in [1.82, 2.24) is 9.36 Å². The maximum atomic E-state index is 12.8. The molecule has 0 aliphatic rings. The van der Waals surface area contributed by atoms with E-state index in [1.54, 1.807) is 13.0 Å². The number of halogens is 1. The van der Waals surface area contributed by atoms with Gasteiger partial charge in [0.1, 0.15) is 5.82 Å². The molecule has 0 amide bonds. The minimum atomic E-state index is -0.512. The zero-order valence-electron chi connectivity index (χ0n) is 7.90. The summed E-state index contributed by atoms with van der Waals surface area (Å²) in [5.74, 6) is -0.755. The Kier molecular flexibility index (Phi) is 2.55. The van der Waals surface area contributed by atoms with Crippen molar-refractivity contribution in [3.63, 3.8) is 0 Å². The van der Waals surface area contributed by atoms with E-state index in [0.717, 1.165) is 23.4 Å². The molecule has 15 heavy (non-hydrogen) atoms. The molecule has 0 aliphatic heterocycles. The molecule has 5 heteroatoms. The molecule has 0 atom stereocenters. The van der Waals surface area contributed by atoms with Gasteiger partial charge in [0.15, 0.2) is 0 Å². The molecule has 3 nitrogen and oxygen atoms in total. The third-order valence-corrected chi connectivity index (χ3v) is 2.70. The minimum Gasteiger partial charge on any atom is -0.288 e. The Morgan fingerprint density at radius 1 is 1.40 bits per heavy atom. The van der Waals surface area contributed by atoms with Crippen molar-refractivity contribution in [2.45, 2.75) is 6.92 Å². The molecule has 0 saturated heterocycles. The lowest BCUT2D eigenvalue weighted by Crippen LogP contribution is -1.99. The van der Waals surface area contributed by atoms with Crippen LogP contribution in [0.3, 0.4) is 0 Å². The summed E-state index contributed by atoms with van der Waals surface area (Å²) in [7, 11) is 0. The maximum Gasteiger partial charge on any atom is 0.206 e. The van der Waals surface area contributed by atoms with Crippen LogP contribution < -0.4 is 0 Å². The number of rotatable bonds is 2. The predicted octanol–water partition coefficient (Wildman–Crippen LogP) is 2.22. The van der Waals surface area contributed by atoms with Crippen molar-refractivity contribution in [3.8, 4) is 0 Å². The number of pyridine rings is 1. The number of carbonyl (C=O) groups excluding carboxylic acids is 1. The molecular formula is C10H7FN2OS. The number of nitrogens with zero attached hydrogens (tertiary/aromatic N) is 2. The van der Waals surface area contributed by atoms with Gasteiger partial charge in [0, 0.05) is 11.8 Å². The van der Waals surface area contributed by atoms with Gasteiger partial charge in [-0.25, -0.2) is 4.39 Å². The third-order valence-electron chi connectivity index (χ3n) is 1.82. The van der Waals surface area contributed by atoms with Crippen LogP contribution in [0.25, 0.3) is 0 Å². The van der Waals surface area contributed by atoms with Gasteiger partial charge in [-0.1, -0.05) is 0 Å². The summed E-state index contributed by atoms with van der Waals surface area (Å²) < 4.78 is 16.8. The predicted molar refractivity (Wildman–Crippen MR) is 54.5 cm³/mol. The van der Waals surface area contributed by atoms with Crippen molar-refractivity contribution < 1.29 is 9.18 Å². The van der Waals surface area contributed by atoms with Gasteiger partial charge in [0.05, 0.1) is 16.8 Å². The van der Waals surface area contributed by atoms with E-state index in [9.17, 15) is 9.18 Å². The second-order valence-corrected chi connectivity index (χ2v) is 3.86. The smallest absolute Gasteiger partial charge is 0.206 e. The maximum absolute atomic E-state index is 12.8. The fourth-order valence-electron chi connectivity index (χ4n) is 1.15. The second kappa shape index (κ2) is 3.86. The standard InChI is InChI=1S/C10H7FN2OS/c1-6-2-9(15-13-6)10(14)7-3-8(11)5-12-4-7/h2-5H,1H3. The van der Waals surface area contributed by atoms with Gasteiger partial charge < -0.3 is 0 Å². The summed E-state index contributed by atoms with van der Waals surface area (Å²) in [6.45, 7) is 1.80. The Labute approximate surface area is 89.8 Å². The molecular weight excluding hydrogens is 215 g/mol. The molecule has 2 heterocycles. The quantitative estimate of drug-likeness (QED) is 0.732. The van der Waals surface area contributed by atoms with E-state index in [0.29, 0.717) is 4.88 Å². The third kappa shape index (κ3) is 2.07. The van der Waals surface area contributed by atoms with Crippen molar-refractivity contribution in [2.24, 2.45) is 0 Å². The van der Waals surface area contributed by atoms with E-state index in [1.807, 2.05) is 0 Å². The molecule has 0 fully saturated rings. The number of hydrogen-bond acceptors (Lipinski definition) is 4. The van der Waals surface area contributed by atoms with Crippen LogP contribution in [0.5, 0.6) is 0 Å². The van der Waals surface area contributed by atoms with Gasteiger partial charge in [-0.3, -0.25) is 9.78 Å². The largest absolute Gasteiger partial charge is 0.288 e. The van der Waals surface area contributed by atoms with Crippen LogP contribution in [0.4, 0.5) is 4.39 Å². The number of hydrogen-bond donors (Lipinski definition) is 0. The summed E-state index contributed by atoms with van der Waals surface area (Å²) in [6, 6.07) is 2.85. The van der Waals surface area contributed by atoms with Gasteiger partial charge in [-0.05, 0) is 30.6 Å². The second-order valence-electron chi connectivity index (χ2n) is 3.05. The molecule has 0 saturated carbocycles. The van der Waals surface area contributed by atoms with Gasteiger partial charge in [0.25, 0.3) is 0 Å². The van der Waals surface area contributed by atoms with Crippen LogP contribution in [-0.2, 0) is 0 Å². The number of aromatic nitrogens is 2. The number of aryl methyl sites for hydroxylation is 1. The highest BCUT2D eigenvalue weighted by Gasteiger charge is 2.12. The Morgan fingerprint density at radius 2 is 2.20 bits per heavy atom. The molecule has 2 aromatic rings. The Hall–Kier alpha value is -1.62. The van der Waals surface area contributed by atoms with E-state index in [1.165, 1.54) is 12.3 Å². The van der Waals surface area contributed by atoms with Gasteiger partial charge >= 0.3 is 0 Å². The summed E-state index contributed by atoms with van der Waals surface area (Å²) >= 11 is 1.11. The summed E-state index contributed by atoms with van der Waals surface area (Å²) in [5.41, 5.74) is 1.03. The normalized spacial score (nSPS) is 10.3. The number of ketones is 1. The van der Waals surface area contributed by atoms with Crippen molar-refractivity contribution in [3.05, 3.63) is 46.5 Å². The first-order valence-corrected chi connectivity index (χ1v) is 5.03. The fourth-order valence-corrected chi connectivity index (χ4v) is 1.87. The zero-order valence-corrected chi connectivity index (χ0v) is 8.71. The molecule has 2 rings (SSSR count). The van der Waals surface area contributed by atoms with E-state index < -0.39 is 5.82 Å². The van der Waals surface area contributed by atoms with Crippen LogP contribution >= 0.6 is 11.5 Å². The topological polar surface area (TPSA) is 42.9 Å². The lowest BCUT2D eigenvalue weighted by Gasteiger charge is -1.95. The Morgan fingerprint density at radius 3 is 2.80 bits per heavy atom. The first-order chi connectivity index (χ1) is 7.16. The monoisotopic (exact) mass is 222 g/mol. The molecule has 0 aromatic carbocycles. The summed E-state index contributed by atoms with van der Waals surface area (Å²) in [4.78, 5) is 15.9. The lowest BCUT2D eigenvalue weighted by molar-refractivity contribution is 0.104. The van der Waals surface area contributed by atoms with Crippen LogP contribution in [0.15, 0.2) is 24.5 Å². The fraction of sp³-hybridized carbons (Fsp3) is 0.100. The highest BCUT2D eigenvalue weighted by atomic mass is 32.1. The first-order valence-electron chi connectivity index (χ1n) is 4.25. The van der Waals surface area contributed by atoms with Crippen LogP contribution in [0.1, 0.15) is 20.9 Å². The summed E-state index contributed by atoms with van der Waals surface area (Å²) in [6.07, 6.45) is 2.41. The highest BCUT2D eigenvalue weighted by Crippen LogP contribution is 2.15. The zero-order chi connectivity index (χ0) is 10.8. The molecule has 0 radical (unpaired) electrons. The van der Waals surface area contributed by atoms with Crippen LogP contribution in [0, 0.1) is 12.7 Å². The van der Waals surface area contributed by atoms with Crippen LogP contribution in [-0.4, -0.2) is 15.1 Å². The minimum absolute atomic E-state index is 0.243. The van der Waals surface area contributed by atoms with E-state index in [2.05, 4.69) is 9.36 Å². The lowest BCUT2D eigenvalue weighted by atomic mass is 10.1. The molecule has 0 bridgehead atoms. The van der Waals surface area contributed by atoms with Crippen molar-refractivity contribution in [1.29, 1.82) is 0 Å². The molecule has 0 spiro atoms. The number of carbonyl (C=O) groups is 1. The molecule has 0 aliphatic carbocycles. The van der Waals surface area contributed by atoms with Gasteiger partial charge in [-0.15, -0.1) is 0 Å². The summed E-state index contributed by atoms with van der Waals surface area (Å²) in [5, 5.41) is 0. The molecule has 76 valence electrons. The van der Waals surface area contributed by atoms with Crippen LogP contribution in [0.2, 0.25) is 0 Å². The molecule has 0 unspecified atom stereocenters. The average molecular weight is 222 g/mol. The highest BCUT2D eigenvalue weighted by molar-refractivity contribution is 7.08. The molecule has 0 N–H and O–H groups in total. The average Bonchev–Trinajstić information content (AvgIpc) is 2.64. The Bertz CT molecular complexity index is 510. The van der Waals surface area contributed by atoms with E-state index in [-0.39, 0.29) is 11.3 Å². The van der Waals surface area contributed by atoms with Crippen molar-refractivity contribution in [2.75, 3.05) is 0 Å². The Balaban J connectivity index is 2.36. The van der Waals surface area contributed by atoms with Crippen molar-refractivity contribution >= 4 is 17.3 Å². The van der Waals surface area contributed by atoms with E-state index in [4.69, 9.17) is 0 Å². The van der Waals surface area contributed by atoms with E-state index >= 15 is 0 Å². The molecule has 2 aromatic heterocycles.